The van der Waals surface area contributed by atoms with Gasteiger partial charge in [-0.15, -0.1) is 0 Å². The van der Waals surface area contributed by atoms with E-state index in [1.165, 1.54) is 0 Å². The van der Waals surface area contributed by atoms with E-state index < -0.39 is 0 Å². The maximum absolute atomic E-state index is 5.37. The minimum atomic E-state index is 0.543. The molecule has 0 saturated carbocycles. The molecule has 16 heavy (non-hydrogen) atoms. The Morgan fingerprint density at radius 3 is 2.50 bits per heavy atom. The maximum atomic E-state index is 5.37. The van der Waals surface area contributed by atoms with Crippen LogP contribution >= 0.6 is 0 Å². The van der Waals surface area contributed by atoms with Gasteiger partial charge in [-0.2, -0.15) is 0 Å². The van der Waals surface area contributed by atoms with E-state index in [2.05, 4.69) is 17.3 Å². The molecule has 1 aromatic rings. The second-order valence-corrected chi connectivity index (χ2v) is 3.96. The van der Waals surface area contributed by atoms with Crippen molar-refractivity contribution < 1.29 is 9.47 Å². The molecule has 0 aliphatic carbocycles. The molecule has 0 aromatic heterocycles. The number of hydrogen-bond acceptors (Lipinski definition) is 4. The SMILES string of the molecule is COc1ccc(OC)c(N(C)C2CNC2)c1. The highest BCUT2D eigenvalue weighted by Crippen LogP contribution is 2.32. The zero-order valence-electron chi connectivity index (χ0n) is 9.99. The van der Waals surface area contributed by atoms with Crippen molar-refractivity contribution in [2.45, 2.75) is 6.04 Å². The molecule has 1 fully saturated rings. The molecule has 1 saturated heterocycles. The van der Waals surface area contributed by atoms with Gasteiger partial charge in [0.1, 0.15) is 11.5 Å². The Morgan fingerprint density at radius 1 is 1.25 bits per heavy atom. The molecule has 1 aliphatic rings. The number of rotatable bonds is 4. The summed E-state index contributed by atoms with van der Waals surface area (Å²) in [5.74, 6) is 1.74. The molecule has 4 heteroatoms. The lowest BCUT2D eigenvalue weighted by atomic mass is 10.1. The van der Waals surface area contributed by atoms with Crippen LogP contribution in [0.4, 0.5) is 5.69 Å². The van der Waals surface area contributed by atoms with E-state index in [1.807, 2.05) is 18.2 Å². The van der Waals surface area contributed by atoms with Crippen molar-refractivity contribution in [3.05, 3.63) is 18.2 Å². The lowest BCUT2D eigenvalue weighted by Crippen LogP contribution is -2.56. The van der Waals surface area contributed by atoms with Crippen molar-refractivity contribution in [1.82, 2.24) is 5.32 Å². The third-order valence-corrected chi connectivity index (χ3v) is 3.07. The molecule has 0 atom stereocenters. The van der Waals surface area contributed by atoms with Crippen molar-refractivity contribution in [3.63, 3.8) is 0 Å². The van der Waals surface area contributed by atoms with Crippen molar-refractivity contribution in [2.75, 3.05) is 39.3 Å². The molecular weight excluding hydrogens is 204 g/mol. The van der Waals surface area contributed by atoms with Crippen LogP contribution in [0.5, 0.6) is 11.5 Å². The van der Waals surface area contributed by atoms with Gasteiger partial charge in [0, 0.05) is 26.2 Å². The van der Waals surface area contributed by atoms with Crippen LogP contribution in [0.1, 0.15) is 0 Å². The number of nitrogens with zero attached hydrogens (tertiary/aromatic N) is 1. The Kier molecular flexibility index (Phi) is 3.19. The van der Waals surface area contributed by atoms with Crippen LogP contribution in [0.2, 0.25) is 0 Å². The van der Waals surface area contributed by atoms with E-state index in [0.717, 1.165) is 30.3 Å². The second kappa shape index (κ2) is 4.61. The number of hydrogen-bond donors (Lipinski definition) is 1. The average Bonchev–Trinajstić information content (AvgIpc) is 2.25. The molecule has 0 bridgehead atoms. The number of nitrogens with one attached hydrogen (secondary N) is 1. The molecule has 1 N–H and O–H groups in total. The van der Waals surface area contributed by atoms with E-state index in [4.69, 9.17) is 9.47 Å². The molecule has 1 aliphatic heterocycles. The van der Waals surface area contributed by atoms with Gasteiger partial charge in [0.05, 0.1) is 25.9 Å². The summed E-state index contributed by atoms with van der Waals surface area (Å²) in [5, 5.41) is 3.26. The third-order valence-electron chi connectivity index (χ3n) is 3.07. The fraction of sp³-hybridized carbons (Fsp3) is 0.500. The zero-order valence-corrected chi connectivity index (χ0v) is 9.99. The smallest absolute Gasteiger partial charge is 0.142 e. The lowest BCUT2D eigenvalue weighted by Gasteiger charge is -2.37. The van der Waals surface area contributed by atoms with Gasteiger partial charge in [0.25, 0.3) is 0 Å². The van der Waals surface area contributed by atoms with Gasteiger partial charge in [-0.05, 0) is 12.1 Å². The van der Waals surface area contributed by atoms with Crippen LogP contribution in [0.3, 0.4) is 0 Å². The summed E-state index contributed by atoms with van der Waals surface area (Å²) in [4.78, 5) is 2.23. The van der Waals surface area contributed by atoms with Crippen LogP contribution in [-0.2, 0) is 0 Å². The maximum Gasteiger partial charge on any atom is 0.142 e. The van der Waals surface area contributed by atoms with Gasteiger partial charge in [-0.25, -0.2) is 0 Å². The van der Waals surface area contributed by atoms with Gasteiger partial charge >= 0.3 is 0 Å². The Labute approximate surface area is 96.2 Å². The standard InChI is InChI=1S/C12H18N2O2/c1-14(9-7-13-8-9)11-6-10(15-2)4-5-12(11)16-3/h4-6,9,13H,7-8H2,1-3H3. The van der Waals surface area contributed by atoms with Gasteiger partial charge in [0.15, 0.2) is 0 Å². The number of anilines is 1. The first kappa shape index (κ1) is 11.1. The molecule has 1 aromatic carbocycles. The summed E-state index contributed by atoms with van der Waals surface area (Å²) in [6.07, 6.45) is 0. The Morgan fingerprint density at radius 2 is 2.00 bits per heavy atom. The summed E-state index contributed by atoms with van der Waals surface area (Å²) in [7, 11) is 5.46. The lowest BCUT2D eigenvalue weighted by molar-refractivity contribution is 0.393. The normalized spacial score (nSPS) is 15.4. The van der Waals surface area contributed by atoms with Crippen molar-refractivity contribution in [2.24, 2.45) is 0 Å². The predicted octanol–water partition coefficient (Wildman–Crippen LogP) is 1.11. The Bertz CT molecular complexity index is 364. The Hall–Kier alpha value is -1.42. The van der Waals surface area contributed by atoms with Gasteiger partial charge < -0.3 is 19.7 Å². The monoisotopic (exact) mass is 222 g/mol. The van der Waals surface area contributed by atoms with Crippen molar-refractivity contribution in [3.8, 4) is 11.5 Å². The van der Waals surface area contributed by atoms with E-state index in [0.29, 0.717) is 6.04 Å². The zero-order chi connectivity index (χ0) is 11.5. The number of benzene rings is 1. The van der Waals surface area contributed by atoms with Crippen molar-refractivity contribution >= 4 is 5.69 Å². The minimum Gasteiger partial charge on any atom is -0.497 e. The Balaban J connectivity index is 2.27. The highest BCUT2D eigenvalue weighted by atomic mass is 16.5. The summed E-state index contributed by atoms with van der Waals surface area (Å²) in [6, 6.07) is 6.41. The number of methoxy groups -OCH3 is 2. The first-order valence-corrected chi connectivity index (χ1v) is 5.42. The highest BCUT2D eigenvalue weighted by molar-refractivity contribution is 5.62. The summed E-state index contributed by atoms with van der Waals surface area (Å²) in [5.41, 5.74) is 1.08. The molecule has 0 amide bonds. The molecule has 0 radical (unpaired) electrons. The molecular formula is C12H18N2O2. The minimum absolute atomic E-state index is 0.543. The highest BCUT2D eigenvalue weighted by Gasteiger charge is 2.24. The molecule has 88 valence electrons. The van der Waals surface area contributed by atoms with Crippen LogP contribution in [-0.4, -0.2) is 40.4 Å². The second-order valence-electron chi connectivity index (χ2n) is 3.96. The third kappa shape index (κ3) is 1.93. The van der Waals surface area contributed by atoms with Crippen LogP contribution in [0.25, 0.3) is 0 Å². The van der Waals surface area contributed by atoms with Crippen LogP contribution in [0.15, 0.2) is 18.2 Å². The predicted molar refractivity (Wildman–Crippen MR) is 64.6 cm³/mol. The number of likely N-dealkylation sites (N-methyl/N-ethyl adjacent to an activating group) is 1. The summed E-state index contributed by atoms with van der Waals surface area (Å²) < 4.78 is 10.6. The van der Waals surface area contributed by atoms with Crippen LogP contribution < -0.4 is 19.7 Å². The molecule has 0 unspecified atom stereocenters. The summed E-state index contributed by atoms with van der Waals surface area (Å²) >= 11 is 0. The largest absolute Gasteiger partial charge is 0.497 e. The van der Waals surface area contributed by atoms with E-state index >= 15 is 0 Å². The molecule has 1 heterocycles. The summed E-state index contributed by atoms with van der Waals surface area (Å²) in [6.45, 7) is 2.05. The molecule has 2 rings (SSSR count). The van der Waals surface area contributed by atoms with Crippen LogP contribution in [0, 0.1) is 0 Å². The van der Waals surface area contributed by atoms with E-state index in [-0.39, 0.29) is 0 Å². The van der Waals surface area contributed by atoms with E-state index in [9.17, 15) is 0 Å². The van der Waals surface area contributed by atoms with E-state index in [1.54, 1.807) is 14.2 Å². The topological polar surface area (TPSA) is 33.7 Å². The molecule has 4 nitrogen and oxygen atoms in total. The van der Waals surface area contributed by atoms with Crippen molar-refractivity contribution in [1.29, 1.82) is 0 Å². The van der Waals surface area contributed by atoms with Gasteiger partial charge in [-0.1, -0.05) is 0 Å². The number of ether oxygens (including phenoxy) is 2. The first-order chi connectivity index (χ1) is 7.76. The molecule has 0 spiro atoms. The first-order valence-electron chi connectivity index (χ1n) is 5.42. The quantitative estimate of drug-likeness (QED) is 0.827. The average molecular weight is 222 g/mol. The van der Waals surface area contributed by atoms with Gasteiger partial charge in [-0.3, -0.25) is 0 Å². The fourth-order valence-electron chi connectivity index (χ4n) is 1.82. The fourth-order valence-corrected chi connectivity index (χ4v) is 1.82. The van der Waals surface area contributed by atoms with Gasteiger partial charge in [0.2, 0.25) is 0 Å².